The molecule has 1 N–H and O–H groups in total. The molecule has 0 aliphatic carbocycles. The molecule has 0 aliphatic heterocycles. The Labute approximate surface area is 126 Å². The van der Waals surface area contributed by atoms with E-state index in [1.165, 1.54) is 11.3 Å². The zero-order valence-electron chi connectivity index (χ0n) is 9.94. The van der Waals surface area contributed by atoms with Gasteiger partial charge < -0.3 is 10.0 Å². The number of hydrogen-bond acceptors (Lipinski definition) is 3. The van der Waals surface area contributed by atoms with Crippen LogP contribution in [0.4, 0.5) is 0 Å². The van der Waals surface area contributed by atoms with Crippen LogP contribution in [0.1, 0.15) is 23.5 Å². The van der Waals surface area contributed by atoms with Gasteiger partial charge in [0, 0.05) is 17.6 Å². The van der Waals surface area contributed by atoms with E-state index in [0.29, 0.717) is 11.4 Å². The highest BCUT2D eigenvalue weighted by molar-refractivity contribution is 9.13. The molecule has 18 heavy (non-hydrogen) atoms. The first-order valence-corrected chi connectivity index (χ1v) is 7.74. The molecule has 0 aromatic carbocycles. The lowest BCUT2D eigenvalue weighted by molar-refractivity contribution is -0.141. The monoisotopic (exact) mass is 397 g/mol. The highest BCUT2D eigenvalue weighted by Gasteiger charge is 2.22. The fourth-order valence-corrected chi connectivity index (χ4v) is 3.38. The number of rotatable bonds is 5. The van der Waals surface area contributed by atoms with Crippen LogP contribution in [0.2, 0.25) is 0 Å². The van der Waals surface area contributed by atoms with Crippen LogP contribution in [0, 0.1) is 5.92 Å². The third-order valence-corrected chi connectivity index (χ3v) is 5.68. The lowest BCUT2D eigenvalue weighted by atomic mass is 10.1. The predicted molar refractivity (Wildman–Crippen MR) is 78.1 cm³/mol. The van der Waals surface area contributed by atoms with Crippen LogP contribution in [0.5, 0.6) is 0 Å². The Morgan fingerprint density at radius 2 is 2.11 bits per heavy atom. The number of carboxylic acid groups (broad SMARTS) is 1. The minimum absolute atomic E-state index is 0.137. The molecule has 100 valence electrons. The highest BCUT2D eigenvalue weighted by Crippen LogP contribution is 2.33. The lowest BCUT2D eigenvalue weighted by Gasteiger charge is -2.22. The van der Waals surface area contributed by atoms with Crippen molar-refractivity contribution >= 4 is 55.1 Å². The second-order valence-corrected chi connectivity index (χ2v) is 7.04. The first-order valence-electron chi connectivity index (χ1n) is 5.33. The van der Waals surface area contributed by atoms with Gasteiger partial charge >= 0.3 is 5.97 Å². The Morgan fingerprint density at radius 1 is 1.50 bits per heavy atom. The fourth-order valence-electron chi connectivity index (χ4n) is 1.37. The van der Waals surface area contributed by atoms with Gasteiger partial charge in [0.25, 0.3) is 5.91 Å². The van der Waals surface area contributed by atoms with E-state index in [1.54, 1.807) is 17.9 Å². The fraction of sp³-hybridized carbons (Fsp3) is 0.455. The summed E-state index contributed by atoms with van der Waals surface area (Å²) < 4.78 is 1.69. The third kappa shape index (κ3) is 3.80. The van der Waals surface area contributed by atoms with Crippen LogP contribution < -0.4 is 0 Å². The molecule has 0 saturated heterocycles. The highest BCUT2D eigenvalue weighted by atomic mass is 79.9. The average molecular weight is 399 g/mol. The molecule has 7 heteroatoms. The molecule has 1 aromatic heterocycles. The quantitative estimate of drug-likeness (QED) is 0.826. The molecule has 1 heterocycles. The van der Waals surface area contributed by atoms with Crippen LogP contribution >= 0.6 is 43.2 Å². The molecule has 0 bridgehead atoms. The van der Waals surface area contributed by atoms with Crippen molar-refractivity contribution in [2.45, 2.75) is 13.8 Å². The van der Waals surface area contributed by atoms with Gasteiger partial charge in [-0.1, -0.05) is 6.92 Å². The lowest BCUT2D eigenvalue weighted by Crippen LogP contribution is -2.36. The van der Waals surface area contributed by atoms with Crippen molar-refractivity contribution in [3.8, 4) is 0 Å². The minimum Gasteiger partial charge on any atom is -0.481 e. The SMILES string of the molecule is CCN(CC(C)C(=O)O)C(=O)c1cc(Br)c(Br)s1. The van der Waals surface area contributed by atoms with Crippen LogP contribution in [0.25, 0.3) is 0 Å². The zero-order valence-corrected chi connectivity index (χ0v) is 13.9. The van der Waals surface area contributed by atoms with Gasteiger partial charge in [-0.3, -0.25) is 9.59 Å². The van der Waals surface area contributed by atoms with Gasteiger partial charge in [0.2, 0.25) is 0 Å². The van der Waals surface area contributed by atoms with Crippen LogP contribution in [0.3, 0.4) is 0 Å². The number of halogens is 2. The molecule has 1 rings (SSSR count). The van der Waals surface area contributed by atoms with E-state index < -0.39 is 11.9 Å². The number of aliphatic carboxylic acids is 1. The maximum absolute atomic E-state index is 12.2. The molecule has 1 atom stereocenters. The van der Waals surface area contributed by atoms with Crippen LogP contribution in [0.15, 0.2) is 14.3 Å². The Kier molecular flexibility index (Phi) is 5.81. The summed E-state index contributed by atoms with van der Waals surface area (Å²) in [6.07, 6.45) is 0. The predicted octanol–water partition coefficient (Wildman–Crippen LogP) is 3.46. The van der Waals surface area contributed by atoms with E-state index in [9.17, 15) is 9.59 Å². The number of hydrogen-bond donors (Lipinski definition) is 1. The Balaban J connectivity index is 2.82. The Bertz CT molecular complexity index is 442. The molecule has 0 fully saturated rings. The third-order valence-electron chi connectivity index (χ3n) is 2.44. The maximum Gasteiger partial charge on any atom is 0.308 e. The summed E-state index contributed by atoms with van der Waals surface area (Å²) in [6, 6.07) is 1.74. The molecule has 0 spiro atoms. The van der Waals surface area contributed by atoms with Crippen molar-refractivity contribution in [2.75, 3.05) is 13.1 Å². The summed E-state index contributed by atoms with van der Waals surface area (Å²) in [6.45, 7) is 4.14. The average Bonchev–Trinajstić information content (AvgIpc) is 2.65. The summed E-state index contributed by atoms with van der Waals surface area (Å²) in [5, 5.41) is 8.88. The van der Waals surface area contributed by atoms with Crippen molar-refractivity contribution in [3.63, 3.8) is 0 Å². The molecule has 0 radical (unpaired) electrons. The second kappa shape index (κ2) is 6.68. The number of nitrogens with zero attached hydrogens (tertiary/aromatic N) is 1. The van der Waals surface area contributed by atoms with Gasteiger partial charge in [0.15, 0.2) is 0 Å². The summed E-state index contributed by atoms with van der Waals surface area (Å²) in [5.74, 6) is -1.60. The van der Waals surface area contributed by atoms with E-state index in [4.69, 9.17) is 5.11 Å². The van der Waals surface area contributed by atoms with Crippen molar-refractivity contribution in [1.29, 1.82) is 0 Å². The number of carboxylic acids is 1. The standard InChI is InChI=1S/C11H13Br2NO3S/c1-3-14(5-6(2)11(16)17)10(15)8-4-7(12)9(13)18-8/h4,6H,3,5H2,1-2H3,(H,16,17). The van der Waals surface area contributed by atoms with Crippen LogP contribution in [-0.2, 0) is 4.79 Å². The maximum atomic E-state index is 12.2. The second-order valence-electron chi connectivity index (χ2n) is 3.82. The number of carbonyl (C=O) groups is 2. The molecular weight excluding hydrogens is 386 g/mol. The van der Waals surface area contributed by atoms with Gasteiger partial charge in [-0.25, -0.2) is 0 Å². The molecule has 0 aliphatic rings. The molecule has 4 nitrogen and oxygen atoms in total. The zero-order chi connectivity index (χ0) is 13.9. The van der Waals surface area contributed by atoms with Gasteiger partial charge in [-0.2, -0.15) is 0 Å². The van der Waals surface area contributed by atoms with Gasteiger partial charge in [-0.05, 0) is 44.8 Å². The van der Waals surface area contributed by atoms with E-state index >= 15 is 0 Å². The summed E-state index contributed by atoms with van der Waals surface area (Å²) in [7, 11) is 0. The van der Waals surface area contributed by atoms with Crippen molar-refractivity contribution in [1.82, 2.24) is 4.90 Å². The number of carbonyl (C=O) groups excluding carboxylic acids is 1. The first-order chi connectivity index (χ1) is 8.36. The summed E-state index contributed by atoms with van der Waals surface area (Å²) in [4.78, 5) is 25.2. The Hall–Kier alpha value is -0.400. The number of thiophene rings is 1. The molecule has 1 amide bonds. The molecule has 1 unspecified atom stereocenters. The molecular formula is C11H13Br2NO3S. The molecule has 0 saturated carbocycles. The van der Waals surface area contributed by atoms with Crippen molar-refractivity contribution < 1.29 is 14.7 Å². The largest absolute Gasteiger partial charge is 0.481 e. The van der Waals surface area contributed by atoms with Gasteiger partial charge in [0.05, 0.1) is 14.6 Å². The van der Waals surface area contributed by atoms with Gasteiger partial charge in [0.1, 0.15) is 0 Å². The van der Waals surface area contributed by atoms with E-state index in [0.717, 1.165) is 8.26 Å². The van der Waals surface area contributed by atoms with E-state index in [1.807, 2.05) is 6.92 Å². The summed E-state index contributed by atoms with van der Waals surface area (Å²) in [5.41, 5.74) is 0. The van der Waals surface area contributed by atoms with Crippen LogP contribution in [-0.4, -0.2) is 35.0 Å². The Morgan fingerprint density at radius 3 is 2.50 bits per heavy atom. The van der Waals surface area contributed by atoms with Crippen molar-refractivity contribution in [3.05, 3.63) is 19.2 Å². The van der Waals surface area contributed by atoms with E-state index in [-0.39, 0.29) is 12.5 Å². The normalized spacial score (nSPS) is 12.2. The number of amides is 1. The first kappa shape index (κ1) is 15.7. The smallest absolute Gasteiger partial charge is 0.308 e. The van der Waals surface area contributed by atoms with E-state index in [2.05, 4.69) is 31.9 Å². The van der Waals surface area contributed by atoms with Crippen molar-refractivity contribution in [2.24, 2.45) is 5.92 Å². The summed E-state index contributed by atoms with van der Waals surface area (Å²) >= 11 is 8.00. The minimum atomic E-state index is -0.894. The van der Waals surface area contributed by atoms with Gasteiger partial charge in [-0.15, -0.1) is 11.3 Å². The molecule has 1 aromatic rings. The topological polar surface area (TPSA) is 57.6 Å².